The van der Waals surface area contributed by atoms with Crippen LogP contribution in [0.2, 0.25) is 0 Å². The molecule has 0 fully saturated rings. The summed E-state index contributed by atoms with van der Waals surface area (Å²) in [5.41, 5.74) is 0. The van der Waals surface area contributed by atoms with Gasteiger partial charge in [-0.2, -0.15) is 0 Å². The Morgan fingerprint density at radius 2 is 2.12 bits per heavy atom. The van der Waals surface area contributed by atoms with Crippen LogP contribution in [0.4, 0.5) is 4.79 Å². The van der Waals surface area contributed by atoms with E-state index >= 15 is 0 Å². The molecular formula is C10H18N2O3S. The molecule has 0 aliphatic carbocycles. The average Bonchev–Trinajstić information content (AvgIpc) is 2.26. The van der Waals surface area contributed by atoms with Gasteiger partial charge in [-0.15, -0.1) is 6.42 Å². The van der Waals surface area contributed by atoms with Crippen molar-refractivity contribution in [2.24, 2.45) is 0 Å². The zero-order valence-electron chi connectivity index (χ0n) is 9.86. The van der Waals surface area contributed by atoms with Crippen LogP contribution in [0.1, 0.15) is 13.8 Å². The van der Waals surface area contributed by atoms with Crippen LogP contribution in [-0.4, -0.2) is 50.5 Å². The summed E-state index contributed by atoms with van der Waals surface area (Å²) in [4.78, 5) is 12.8. The Morgan fingerprint density at radius 1 is 1.56 bits per heavy atom. The average molecular weight is 246 g/mol. The van der Waals surface area contributed by atoms with Crippen LogP contribution in [-0.2, 0) is 9.84 Å². The highest BCUT2D eigenvalue weighted by Crippen LogP contribution is 1.94. The lowest BCUT2D eigenvalue weighted by molar-refractivity contribution is 0.204. The van der Waals surface area contributed by atoms with E-state index in [1.54, 1.807) is 20.9 Å². The van der Waals surface area contributed by atoms with E-state index in [4.69, 9.17) is 6.42 Å². The van der Waals surface area contributed by atoms with Gasteiger partial charge >= 0.3 is 6.03 Å². The molecule has 5 nitrogen and oxygen atoms in total. The third-order valence-corrected chi connectivity index (χ3v) is 3.98. The van der Waals surface area contributed by atoms with E-state index in [0.29, 0.717) is 0 Å². The summed E-state index contributed by atoms with van der Waals surface area (Å²) < 4.78 is 22.3. The van der Waals surface area contributed by atoms with Gasteiger partial charge in [0, 0.05) is 19.3 Å². The van der Waals surface area contributed by atoms with Crippen LogP contribution in [0.3, 0.4) is 0 Å². The zero-order valence-corrected chi connectivity index (χ0v) is 10.7. The fourth-order valence-corrected chi connectivity index (χ4v) is 1.57. The summed E-state index contributed by atoms with van der Waals surface area (Å²) in [5, 5.41) is 2.50. The number of rotatable bonds is 5. The van der Waals surface area contributed by atoms with Crippen molar-refractivity contribution in [1.82, 2.24) is 10.2 Å². The lowest BCUT2D eigenvalue weighted by atomic mass is 10.3. The molecule has 0 spiro atoms. The maximum atomic E-state index is 11.4. The Bertz CT molecular complexity index is 370. The van der Waals surface area contributed by atoms with Gasteiger partial charge in [0.2, 0.25) is 0 Å². The summed E-state index contributed by atoms with van der Waals surface area (Å²) in [7, 11) is -1.48. The molecule has 0 aliphatic rings. The minimum atomic E-state index is -3.04. The van der Waals surface area contributed by atoms with Gasteiger partial charge < -0.3 is 10.2 Å². The number of carbonyl (C=O) groups excluding carboxylic acids is 1. The predicted octanol–water partition coefficient (Wildman–Crippen LogP) is 0.0842. The van der Waals surface area contributed by atoms with Crippen LogP contribution >= 0.6 is 0 Å². The molecule has 6 heteroatoms. The molecule has 0 aromatic carbocycles. The smallest absolute Gasteiger partial charge is 0.318 e. The number of carbonyl (C=O) groups is 1. The van der Waals surface area contributed by atoms with Gasteiger partial charge in [-0.05, 0) is 6.92 Å². The number of sulfone groups is 1. The number of nitrogens with one attached hydrogen (secondary N) is 1. The molecule has 0 aliphatic heterocycles. The second-order valence-corrected chi connectivity index (χ2v) is 5.89. The molecule has 0 saturated carbocycles. The van der Waals surface area contributed by atoms with Crippen molar-refractivity contribution in [3.8, 4) is 12.3 Å². The lowest BCUT2D eigenvalue weighted by Crippen LogP contribution is -2.43. The topological polar surface area (TPSA) is 66.5 Å². The molecule has 0 heterocycles. The highest BCUT2D eigenvalue weighted by molar-refractivity contribution is 7.91. The molecule has 0 rings (SSSR count). The van der Waals surface area contributed by atoms with E-state index in [0.717, 1.165) is 0 Å². The third kappa shape index (κ3) is 5.03. The fourth-order valence-electron chi connectivity index (χ4n) is 0.870. The highest BCUT2D eigenvalue weighted by Gasteiger charge is 2.14. The van der Waals surface area contributed by atoms with E-state index in [1.165, 1.54) is 4.90 Å². The zero-order chi connectivity index (χ0) is 12.8. The number of terminal acetylenes is 1. The van der Waals surface area contributed by atoms with Crippen molar-refractivity contribution in [3.05, 3.63) is 0 Å². The Labute approximate surface area is 97.1 Å². The molecule has 2 amide bonds. The molecule has 0 radical (unpaired) electrons. The highest BCUT2D eigenvalue weighted by atomic mass is 32.2. The van der Waals surface area contributed by atoms with E-state index in [9.17, 15) is 13.2 Å². The molecule has 1 unspecified atom stereocenters. The molecule has 1 N–H and O–H groups in total. The van der Waals surface area contributed by atoms with Gasteiger partial charge in [-0.25, -0.2) is 13.2 Å². The van der Waals surface area contributed by atoms with Gasteiger partial charge in [0.05, 0.1) is 11.8 Å². The monoisotopic (exact) mass is 246 g/mol. The molecule has 0 aromatic rings. The van der Waals surface area contributed by atoms with Crippen molar-refractivity contribution in [2.45, 2.75) is 19.9 Å². The van der Waals surface area contributed by atoms with Crippen molar-refractivity contribution in [2.75, 3.05) is 25.1 Å². The SMILES string of the molecule is C#CC(C)N(C)C(=O)NCCS(=O)(=O)CC. The van der Waals surface area contributed by atoms with Gasteiger partial charge in [0.1, 0.15) is 0 Å². The van der Waals surface area contributed by atoms with Gasteiger partial charge in [0.15, 0.2) is 9.84 Å². The number of amides is 2. The Kier molecular flexibility index (Phi) is 5.89. The second kappa shape index (κ2) is 6.38. The van der Waals surface area contributed by atoms with Crippen molar-refractivity contribution >= 4 is 15.9 Å². The summed E-state index contributed by atoms with van der Waals surface area (Å²) in [6.07, 6.45) is 5.16. The Morgan fingerprint density at radius 3 is 2.56 bits per heavy atom. The molecule has 92 valence electrons. The second-order valence-electron chi connectivity index (χ2n) is 3.42. The predicted molar refractivity (Wildman–Crippen MR) is 63.8 cm³/mol. The normalized spacial score (nSPS) is 12.6. The van der Waals surface area contributed by atoms with Crippen molar-refractivity contribution in [3.63, 3.8) is 0 Å². The first-order valence-electron chi connectivity index (χ1n) is 5.01. The fraction of sp³-hybridized carbons (Fsp3) is 0.700. The maximum absolute atomic E-state index is 11.4. The van der Waals surface area contributed by atoms with E-state index < -0.39 is 9.84 Å². The summed E-state index contributed by atoms with van der Waals surface area (Å²) in [5.74, 6) is 2.44. The van der Waals surface area contributed by atoms with Crippen LogP contribution < -0.4 is 5.32 Å². The van der Waals surface area contributed by atoms with E-state index in [-0.39, 0.29) is 30.1 Å². The van der Waals surface area contributed by atoms with E-state index in [1.807, 2.05) is 0 Å². The standard InChI is InChI=1S/C10H18N2O3S/c1-5-9(3)12(4)10(13)11-7-8-16(14,15)6-2/h1,9H,6-8H2,2-4H3,(H,11,13). The van der Waals surface area contributed by atoms with Crippen LogP contribution in [0, 0.1) is 12.3 Å². The van der Waals surface area contributed by atoms with Crippen LogP contribution in [0.25, 0.3) is 0 Å². The van der Waals surface area contributed by atoms with Gasteiger partial charge in [0.25, 0.3) is 0 Å². The number of urea groups is 1. The quantitative estimate of drug-likeness (QED) is 0.699. The molecule has 0 bridgehead atoms. The lowest BCUT2D eigenvalue weighted by Gasteiger charge is -2.20. The number of hydrogen-bond acceptors (Lipinski definition) is 3. The first-order valence-corrected chi connectivity index (χ1v) is 6.83. The first-order chi connectivity index (χ1) is 7.34. The van der Waals surface area contributed by atoms with E-state index in [2.05, 4.69) is 11.2 Å². The third-order valence-electron chi connectivity index (χ3n) is 2.27. The molecule has 16 heavy (non-hydrogen) atoms. The van der Waals surface area contributed by atoms with Crippen molar-refractivity contribution in [1.29, 1.82) is 0 Å². The molecular weight excluding hydrogens is 228 g/mol. The Balaban J connectivity index is 4.06. The van der Waals surface area contributed by atoms with Crippen LogP contribution in [0.15, 0.2) is 0 Å². The van der Waals surface area contributed by atoms with Crippen molar-refractivity contribution < 1.29 is 13.2 Å². The maximum Gasteiger partial charge on any atom is 0.318 e. The summed E-state index contributed by atoms with van der Waals surface area (Å²) >= 11 is 0. The van der Waals surface area contributed by atoms with Gasteiger partial charge in [-0.3, -0.25) is 0 Å². The number of hydrogen-bond donors (Lipinski definition) is 1. The summed E-state index contributed by atoms with van der Waals surface area (Å²) in [6.45, 7) is 3.39. The number of nitrogens with zero attached hydrogens (tertiary/aromatic N) is 1. The minimum Gasteiger partial charge on any atom is -0.337 e. The summed E-state index contributed by atoms with van der Waals surface area (Å²) in [6, 6.07) is -0.681. The Hall–Kier alpha value is -1.22. The molecule has 0 saturated heterocycles. The van der Waals surface area contributed by atoms with Gasteiger partial charge in [-0.1, -0.05) is 12.8 Å². The first kappa shape index (κ1) is 14.8. The molecule has 1 atom stereocenters. The largest absolute Gasteiger partial charge is 0.337 e. The van der Waals surface area contributed by atoms with Crippen LogP contribution in [0.5, 0.6) is 0 Å². The minimum absolute atomic E-state index is 0.0481. The molecule has 0 aromatic heterocycles.